The molecule has 1 aliphatic rings. The second-order valence-electron chi connectivity index (χ2n) is 8.17. The lowest BCUT2D eigenvalue weighted by atomic mass is 9.98. The molecule has 0 saturated heterocycles. The fourth-order valence-corrected chi connectivity index (χ4v) is 3.11. The maximum absolute atomic E-state index is 12.4. The lowest BCUT2D eigenvalue weighted by Gasteiger charge is -2.27. The number of hydrogen-bond donors (Lipinski definition) is 0. The topological polar surface area (TPSA) is 20.3 Å². The van der Waals surface area contributed by atoms with Gasteiger partial charge in [0.1, 0.15) is 0 Å². The molecule has 122 valence electrons. The molecule has 0 spiro atoms. The van der Waals surface area contributed by atoms with E-state index in [1.54, 1.807) is 0 Å². The number of carbonyl (C=O) groups is 1. The van der Waals surface area contributed by atoms with E-state index in [2.05, 4.69) is 45.6 Å². The van der Waals surface area contributed by atoms with E-state index >= 15 is 0 Å². The highest BCUT2D eigenvalue weighted by atomic mass is 16.2. The second-order valence-corrected chi connectivity index (χ2v) is 8.17. The van der Waals surface area contributed by atoms with Crippen LogP contribution in [0.1, 0.15) is 67.7 Å². The molecule has 21 heavy (non-hydrogen) atoms. The first-order valence-electron chi connectivity index (χ1n) is 8.58. The van der Waals surface area contributed by atoms with Gasteiger partial charge in [-0.2, -0.15) is 0 Å². The first kappa shape index (κ1) is 18.3. The van der Waals surface area contributed by atoms with Crippen molar-refractivity contribution in [2.24, 2.45) is 23.2 Å². The Kier molecular flexibility index (Phi) is 6.49. The molecule has 2 atom stereocenters. The zero-order chi connectivity index (χ0) is 16.2. The Morgan fingerprint density at radius 3 is 2.38 bits per heavy atom. The molecule has 0 bridgehead atoms. The number of carbonyl (C=O) groups excluding carboxylic acids is 1. The van der Waals surface area contributed by atoms with Crippen molar-refractivity contribution in [2.45, 2.75) is 67.7 Å². The second kappa shape index (κ2) is 7.47. The van der Waals surface area contributed by atoms with Gasteiger partial charge in [0.25, 0.3) is 0 Å². The van der Waals surface area contributed by atoms with Crippen LogP contribution < -0.4 is 0 Å². The van der Waals surface area contributed by atoms with E-state index in [9.17, 15) is 4.79 Å². The smallest absolute Gasteiger partial charge is 0.225 e. The van der Waals surface area contributed by atoms with Crippen molar-refractivity contribution in [3.8, 4) is 0 Å². The first-order chi connectivity index (χ1) is 9.65. The summed E-state index contributed by atoms with van der Waals surface area (Å²) in [6.45, 7) is 17.0. The number of allylic oxidation sites excluding steroid dienone is 2. The van der Waals surface area contributed by atoms with Crippen molar-refractivity contribution in [3.63, 3.8) is 0 Å². The molecule has 0 aromatic carbocycles. The molecule has 1 amide bonds. The average Bonchev–Trinajstić information content (AvgIpc) is 2.96. The Hall–Kier alpha value is -0.790. The molecule has 2 unspecified atom stereocenters. The Bertz CT molecular complexity index is 379. The van der Waals surface area contributed by atoms with Crippen LogP contribution in [0.2, 0.25) is 0 Å². The van der Waals surface area contributed by atoms with E-state index in [1.165, 1.54) is 24.8 Å². The van der Waals surface area contributed by atoms with Gasteiger partial charge in [-0.05, 0) is 50.4 Å². The van der Waals surface area contributed by atoms with Gasteiger partial charge in [-0.3, -0.25) is 4.79 Å². The van der Waals surface area contributed by atoms with Crippen molar-refractivity contribution in [1.82, 2.24) is 4.90 Å². The normalized spacial score (nSPS) is 24.3. The molecule has 2 nitrogen and oxygen atoms in total. The van der Waals surface area contributed by atoms with Crippen molar-refractivity contribution in [3.05, 3.63) is 11.6 Å². The Labute approximate surface area is 132 Å². The maximum atomic E-state index is 12.4. The summed E-state index contributed by atoms with van der Waals surface area (Å²) in [5.41, 5.74) is 1.87. The summed E-state index contributed by atoms with van der Waals surface area (Å²) >= 11 is 0. The summed E-state index contributed by atoms with van der Waals surface area (Å²) in [6.07, 6.45) is 6.06. The van der Waals surface area contributed by atoms with Gasteiger partial charge in [-0.25, -0.2) is 0 Å². The van der Waals surface area contributed by atoms with E-state index in [4.69, 9.17) is 0 Å². The molecule has 2 heteroatoms. The van der Waals surface area contributed by atoms with Crippen LogP contribution >= 0.6 is 0 Å². The van der Waals surface area contributed by atoms with Crippen molar-refractivity contribution in [1.29, 1.82) is 0 Å². The summed E-state index contributed by atoms with van der Waals surface area (Å²) in [4.78, 5) is 14.5. The Balaban J connectivity index is 2.53. The molecule has 0 radical (unpaired) electrons. The predicted molar refractivity (Wildman–Crippen MR) is 91.1 cm³/mol. The van der Waals surface area contributed by atoms with E-state index in [1.807, 2.05) is 13.8 Å². The molecule has 0 aromatic rings. The monoisotopic (exact) mass is 293 g/mol. The highest BCUT2D eigenvalue weighted by Gasteiger charge is 2.49. The van der Waals surface area contributed by atoms with E-state index in [0.29, 0.717) is 23.2 Å². The minimum atomic E-state index is 0.111. The van der Waals surface area contributed by atoms with Crippen LogP contribution in [-0.4, -0.2) is 23.9 Å². The fourth-order valence-electron chi connectivity index (χ4n) is 3.11. The zero-order valence-electron chi connectivity index (χ0n) is 15.2. The molecule has 0 aromatic heterocycles. The number of hydrogen-bond acceptors (Lipinski definition) is 1. The highest BCUT2D eigenvalue weighted by Crippen LogP contribution is 2.55. The van der Waals surface area contributed by atoms with Gasteiger partial charge in [0.05, 0.1) is 0 Å². The van der Waals surface area contributed by atoms with Gasteiger partial charge >= 0.3 is 0 Å². The third-order valence-electron chi connectivity index (χ3n) is 4.64. The van der Waals surface area contributed by atoms with Gasteiger partial charge < -0.3 is 4.90 Å². The van der Waals surface area contributed by atoms with Crippen molar-refractivity contribution in [2.75, 3.05) is 13.1 Å². The fraction of sp³-hybridized carbons (Fsp3) is 0.842. The number of amides is 1. The lowest BCUT2D eigenvalue weighted by molar-refractivity contribution is -0.135. The molecule has 1 saturated carbocycles. The van der Waals surface area contributed by atoms with Crippen LogP contribution in [0, 0.1) is 23.2 Å². The standard InChI is InChI=1S/C19H35NO/c1-14(2)9-8-10-19(7)11-17(19)13-20(12-15(3)4)18(21)16(5)6/h9,15-17H,8,10-13H2,1-7H3. The van der Waals surface area contributed by atoms with E-state index < -0.39 is 0 Å². The number of rotatable bonds is 8. The van der Waals surface area contributed by atoms with Gasteiger partial charge in [0, 0.05) is 19.0 Å². The molecule has 0 heterocycles. The van der Waals surface area contributed by atoms with Gasteiger partial charge in [0.15, 0.2) is 0 Å². The third-order valence-corrected chi connectivity index (χ3v) is 4.64. The van der Waals surface area contributed by atoms with Crippen molar-refractivity contribution >= 4 is 5.91 Å². The SMILES string of the molecule is CC(C)=CCCC1(C)CC1CN(CC(C)C)C(=O)C(C)C. The van der Waals surface area contributed by atoms with Crippen LogP contribution in [0.5, 0.6) is 0 Å². The molecule has 1 rings (SSSR count). The molecular formula is C19H35NO. The largest absolute Gasteiger partial charge is 0.342 e. The van der Waals surface area contributed by atoms with Crippen LogP contribution in [0.25, 0.3) is 0 Å². The summed E-state index contributed by atoms with van der Waals surface area (Å²) in [5.74, 6) is 1.68. The first-order valence-corrected chi connectivity index (χ1v) is 8.58. The van der Waals surface area contributed by atoms with Crippen LogP contribution in [-0.2, 0) is 4.79 Å². The summed E-state index contributed by atoms with van der Waals surface area (Å²) < 4.78 is 0. The maximum Gasteiger partial charge on any atom is 0.225 e. The van der Waals surface area contributed by atoms with E-state index in [-0.39, 0.29) is 5.92 Å². The van der Waals surface area contributed by atoms with Gasteiger partial charge in [-0.15, -0.1) is 0 Å². The molecule has 1 fully saturated rings. The van der Waals surface area contributed by atoms with Crippen LogP contribution in [0.3, 0.4) is 0 Å². The number of nitrogens with zero attached hydrogens (tertiary/aromatic N) is 1. The van der Waals surface area contributed by atoms with E-state index in [0.717, 1.165) is 13.1 Å². The summed E-state index contributed by atoms with van der Waals surface area (Å²) in [6, 6.07) is 0. The predicted octanol–water partition coefficient (Wildman–Crippen LogP) is 4.90. The summed E-state index contributed by atoms with van der Waals surface area (Å²) in [7, 11) is 0. The van der Waals surface area contributed by atoms with Gasteiger partial charge in [-0.1, -0.05) is 46.3 Å². The highest BCUT2D eigenvalue weighted by molar-refractivity contribution is 5.78. The van der Waals surface area contributed by atoms with Crippen LogP contribution in [0.15, 0.2) is 11.6 Å². The molecule has 0 aliphatic heterocycles. The Morgan fingerprint density at radius 1 is 1.29 bits per heavy atom. The third kappa shape index (κ3) is 5.84. The van der Waals surface area contributed by atoms with Gasteiger partial charge in [0.2, 0.25) is 5.91 Å². The van der Waals surface area contributed by atoms with Crippen LogP contribution in [0.4, 0.5) is 0 Å². The summed E-state index contributed by atoms with van der Waals surface area (Å²) in [5, 5.41) is 0. The lowest BCUT2D eigenvalue weighted by Crippen LogP contribution is -2.39. The molecule has 1 aliphatic carbocycles. The Morgan fingerprint density at radius 2 is 1.90 bits per heavy atom. The van der Waals surface area contributed by atoms with Crippen molar-refractivity contribution < 1.29 is 4.79 Å². The minimum absolute atomic E-state index is 0.111. The molecule has 0 N–H and O–H groups in total. The minimum Gasteiger partial charge on any atom is -0.342 e. The molecular weight excluding hydrogens is 258 g/mol. The average molecular weight is 293 g/mol. The quantitative estimate of drug-likeness (QED) is 0.583. The zero-order valence-corrected chi connectivity index (χ0v) is 15.2.